The molecule has 0 radical (unpaired) electrons. The second-order valence-electron chi connectivity index (χ2n) is 7.16. The summed E-state index contributed by atoms with van der Waals surface area (Å²) in [5, 5.41) is 28.4. The third-order valence-corrected chi connectivity index (χ3v) is 7.48. The fraction of sp³-hybridized carbons (Fsp3) is 0.533. The summed E-state index contributed by atoms with van der Waals surface area (Å²) in [6.07, 6.45) is -0.347. The van der Waals surface area contributed by atoms with E-state index in [-0.39, 0.29) is 17.9 Å². The molecule has 0 aliphatic carbocycles. The van der Waals surface area contributed by atoms with Gasteiger partial charge < -0.3 is 21.5 Å². The average Bonchev–Trinajstić information content (AvgIpc) is 3.21. The number of aromatic amines is 1. The van der Waals surface area contributed by atoms with Gasteiger partial charge in [0.15, 0.2) is 0 Å². The van der Waals surface area contributed by atoms with Gasteiger partial charge in [-0.05, 0) is 36.2 Å². The molecule has 1 aromatic carbocycles. The third-order valence-electron chi connectivity index (χ3n) is 4.90. The number of rotatable bonds is 10. The van der Waals surface area contributed by atoms with Gasteiger partial charge in [-0.25, -0.2) is 26.7 Å². The number of benzene rings is 1. The minimum atomic E-state index is -4.56. The summed E-state index contributed by atoms with van der Waals surface area (Å²) in [7, 11) is -8.95. The fourth-order valence-electron chi connectivity index (χ4n) is 3.35. The summed E-state index contributed by atoms with van der Waals surface area (Å²) in [4.78, 5) is 0.605. The molecule has 172 valence electrons. The lowest BCUT2D eigenvalue weighted by Crippen LogP contribution is -2.48. The van der Waals surface area contributed by atoms with E-state index in [0.717, 1.165) is 12.5 Å². The number of aliphatic hydroxyl groups is 1. The zero-order chi connectivity index (χ0) is 22.8. The van der Waals surface area contributed by atoms with Crippen molar-refractivity contribution in [1.82, 2.24) is 25.3 Å². The lowest BCUT2D eigenvalue weighted by molar-refractivity contribution is 0.186. The number of aromatic nitrogens is 4. The second kappa shape index (κ2) is 9.11. The number of hydrogen-bond acceptors (Lipinski definition) is 11. The molecule has 1 aliphatic heterocycles. The lowest BCUT2D eigenvalue weighted by Gasteiger charge is -2.42. The van der Waals surface area contributed by atoms with Crippen molar-refractivity contribution >= 4 is 25.7 Å². The minimum absolute atomic E-state index is 0.0790. The molecule has 2 aromatic rings. The molecule has 0 amide bonds. The molecule has 9 N–H and O–H groups in total. The van der Waals surface area contributed by atoms with Gasteiger partial charge in [0.1, 0.15) is 9.79 Å². The van der Waals surface area contributed by atoms with Gasteiger partial charge in [0.25, 0.3) is 0 Å². The predicted molar refractivity (Wildman–Crippen MR) is 111 cm³/mol. The van der Waals surface area contributed by atoms with Crippen molar-refractivity contribution in [2.24, 2.45) is 22.5 Å². The summed E-state index contributed by atoms with van der Waals surface area (Å²) in [5.74, 6) is 0.198. The van der Waals surface area contributed by atoms with Crippen LogP contribution in [-0.2, 0) is 20.0 Å². The first-order valence-corrected chi connectivity index (χ1v) is 12.4. The molecule has 16 heteroatoms. The molecule has 1 saturated heterocycles. The SMILES string of the molecule is NCCC1CN(c2ccc(S(=O)(=O)NCC(O)CN)c(S(N)(=O)=O)c2-c2nn[nH]n2)C1. The highest BCUT2D eigenvalue weighted by Crippen LogP contribution is 2.40. The molecule has 0 saturated carbocycles. The quantitative estimate of drug-likeness (QED) is 0.201. The van der Waals surface area contributed by atoms with Gasteiger partial charge in [-0.15, -0.1) is 10.2 Å². The number of tetrazole rings is 1. The molecule has 1 atom stereocenters. The lowest BCUT2D eigenvalue weighted by atomic mass is 9.94. The molecule has 31 heavy (non-hydrogen) atoms. The van der Waals surface area contributed by atoms with Crippen LogP contribution >= 0.6 is 0 Å². The maximum absolute atomic E-state index is 12.9. The number of nitrogens with zero attached hydrogens (tertiary/aromatic N) is 4. The molecule has 1 fully saturated rings. The van der Waals surface area contributed by atoms with Gasteiger partial charge in [0, 0.05) is 31.9 Å². The summed E-state index contributed by atoms with van der Waals surface area (Å²) >= 11 is 0. The largest absolute Gasteiger partial charge is 0.390 e. The molecular weight excluding hydrogens is 450 g/mol. The van der Waals surface area contributed by atoms with Crippen LogP contribution in [0.2, 0.25) is 0 Å². The number of sulfonamides is 2. The summed E-state index contributed by atoms with van der Waals surface area (Å²) < 4.78 is 53.0. The van der Waals surface area contributed by atoms with Crippen molar-refractivity contribution in [3.63, 3.8) is 0 Å². The number of primary sulfonamides is 1. The van der Waals surface area contributed by atoms with Gasteiger partial charge in [-0.3, -0.25) is 0 Å². The molecule has 0 spiro atoms. The van der Waals surface area contributed by atoms with E-state index in [1.807, 2.05) is 4.90 Å². The third kappa shape index (κ3) is 5.00. The number of H-pyrrole nitrogens is 1. The Kier molecular flexibility index (Phi) is 6.89. The number of nitrogens with one attached hydrogen (secondary N) is 2. The van der Waals surface area contributed by atoms with E-state index in [2.05, 4.69) is 25.3 Å². The molecule has 2 heterocycles. The van der Waals surface area contributed by atoms with Crippen molar-refractivity contribution in [3.8, 4) is 11.4 Å². The molecule has 0 bridgehead atoms. The van der Waals surface area contributed by atoms with Crippen molar-refractivity contribution in [3.05, 3.63) is 12.1 Å². The van der Waals surface area contributed by atoms with Crippen LogP contribution in [0.3, 0.4) is 0 Å². The molecule has 3 rings (SSSR count). The summed E-state index contributed by atoms with van der Waals surface area (Å²) in [5.41, 5.74) is 11.2. The monoisotopic (exact) mass is 475 g/mol. The van der Waals surface area contributed by atoms with Crippen LogP contribution in [0, 0.1) is 5.92 Å². The van der Waals surface area contributed by atoms with Gasteiger partial charge in [0.05, 0.1) is 11.7 Å². The highest BCUT2D eigenvalue weighted by Gasteiger charge is 2.36. The van der Waals surface area contributed by atoms with E-state index in [4.69, 9.17) is 16.6 Å². The van der Waals surface area contributed by atoms with Crippen LogP contribution in [0.1, 0.15) is 6.42 Å². The van der Waals surface area contributed by atoms with Gasteiger partial charge >= 0.3 is 0 Å². The highest BCUT2D eigenvalue weighted by atomic mass is 32.2. The van der Waals surface area contributed by atoms with Crippen LogP contribution in [0.4, 0.5) is 5.69 Å². The maximum Gasteiger partial charge on any atom is 0.242 e. The predicted octanol–water partition coefficient (Wildman–Crippen LogP) is -3.10. The molecule has 14 nitrogen and oxygen atoms in total. The number of hydrogen-bond donors (Lipinski definition) is 6. The van der Waals surface area contributed by atoms with Crippen LogP contribution in [-0.4, -0.2) is 81.4 Å². The van der Waals surface area contributed by atoms with Crippen molar-refractivity contribution in [1.29, 1.82) is 0 Å². The Hall–Kier alpha value is -2.21. The Bertz CT molecular complexity index is 1120. The van der Waals surface area contributed by atoms with Crippen molar-refractivity contribution < 1.29 is 21.9 Å². The first-order valence-electron chi connectivity index (χ1n) is 9.35. The van der Waals surface area contributed by atoms with Crippen LogP contribution in [0.5, 0.6) is 0 Å². The standard InChI is InChI=1S/C15H25N9O5S2/c16-4-3-9-7-24(8-9)11-1-2-12(31(28,29)19-6-10(25)5-17)14(30(18,26)27)13(11)15-20-22-23-21-15/h1-2,9-10,19,25H,3-8,16-17H2,(H2,18,26,27)(H,20,21,22,23). The Balaban J connectivity index is 2.15. The minimum Gasteiger partial charge on any atom is -0.390 e. The maximum atomic E-state index is 12.9. The number of nitrogens with two attached hydrogens (primary N) is 3. The molecule has 1 unspecified atom stereocenters. The smallest absolute Gasteiger partial charge is 0.242 e. The molecule has 1 aromatic heterocycles. The van der Waals surface area contributed by atoms with E-state index in [9.17, 15) is 21.9 Å². The zero-order valence-corrected chi connectivity index (χ0v) is 18.1. The second-order valence-corrected chi connectivity index (χ2v) is 10.4. The zero-order valence-electron chi connectivity index (χ0n) is 16.5. The number of anilines is 1. The van der Waals surface area contributed by atoms with E-state index < -0.39 is 42.5 Å². The Morgan fingerprint density at radius 2 is 1.97 bits per heavy atom. The van der Waals surface area contributed by atoms with Gasteiger partial charge in [0.2, 0.25) is 25.9 Å². The first-order chi connectivity index (χ1) is 14.6. The normalized spacial score (nSPS) is 16.3. The van der Waals surface area contributed by atoms with E-state index in [0.29, 0.717) is 31.2 Å². The average molecular weight is 476 g/mol. The topological polar surface area (TPSA) is 236 Å². The van der Waals surface area contributed by atoms with Crippen molar-refractivity contribution in [2.75, 3.05) is 37.6 Å². The molecule has 1 aliphatic rings. The van der Waals surface area contributed by atoms with E-state index in [1.54, 1.807) is 0 Å². The highest BCUT2D eigenvalue weighted by molar-refractivity contribution is 7.92. The Morgan fingerprint density at radius 3 is 2.52 bits per heavy atom. The van der Waals surface area contributed by atoms with Gasteiger partial charge in [-0.1, -0.05) is 0 Å². The van der Waals surface area contributed by atoms with E-state index >= 15 is 0 Å². The van der Waals surface area contributed by atoms with Crippen LogP contribution in [0.25, 0.3) is 11.4 Å². The Morgan fingerprint density at radius 1 is 1.26 bits per heavy atom. The summed E-state index contributed by atoms with van der Waals surface area (Å²) in [6.45, 7) is 1.13. The molecular formula is C15H25N9O5S2. The number of aliphatic hydroxyl groups excluding tert-OH is 1. The summed E-state index contributed by atoms with van der Waals surface area (Å²) in [6, 6.07) is 2.61. The first kappa shape index (κ1) is 23.5. The van der Waals surface area contributed by atoms with Gasteiger partial charge in [-0.2, -0.15) is 5.21 Å². The fourth-order valence-corrected chi connectivity index (χ4v) is 6.01. The van der Waals surface area contributed by atoms with Crippen molar-refractivity contribution in [2.45, 2.75) is 22.3 Å². The van der Waals surface area contributed by atoms with Crippen LogP contribution in [0.15, 0.2) is 21.9 Å². The Labute approximate surface area is 179 Å². The van der Waals surface area contributed by atoms with Crippen LogP contribution < -0.4 is 26.2 Å². The van der Waals surface area contributed by atoms with E-state index in [1.165, 1.54) is 6.07 Å².